The first-order valence-electron chi connectivity index (χ1n) is 8.83. The fourth-order valence-corrected chi connectivity index (χ4v) is 2.20. The third-order valence-corrected chi connectivity index (χ3v) is 3.64. The summed E-state index contributed by atoms with van der Waals surface area (Å²) in [6.45, 7) is 3.75. The zero-order chi connectivity index (χ0) is 16.6. The van der Waals surface area contributed by atoms with Gasteiger partial charge in [-0.15, -0.1) is 0 Å². The van der Waals surface area contributed by atoms with E-state index in [2.05, 4.69) is 17.2 Å². The van der Waals surface area contributed by atoms with Crippen LogP contribution >= 0.6 is 0 Å². The highest BCUT2D eigenvalue weighted by molar-refractivity contribution is 5.79. The summed E-state index contributed by atoms with van der Waals surface area (Å²) in [5, 5.41) is 0. The Balaban J connectivity index is 3.25. The highest BCUT2D eigenvalue weighted by atomic mass is 16.7. The number of hydroxylamine groups is 1. The van der Waals surface area contributed by atoms with Crippen molar-refractivity contribution in [3.8, 4) is 0 Å². The van der Waals surface area contributed by atoms with E-state index in [-0.39, 0.29) is 5.91 Å². The van der Waals surface area contributed by atoms with E-state index in [1.54, 1.807) is 0 Å². The third-order valence-electron chi connectivity index (χ3n) is 3.64. The summed E-state index contributed by atoms with van der Waals surface area (Å²) < 4.78 is 0. The first kappa shape index (κ1) is 20.9. The maximum absolute atomic E-state index is 11.4. The molecule has 0 aliphatic heterocycles. The maximum atomic E-state index is 11.4. The van der Waals surface area contributed by atoms with E-state index in [4.69, 9.17) is 5.73 Å². The number of hydrogen-bond donors (Lipinski definition) is 2. The number of hydrogen-bond acceptors (Lipinski definition) is 4. The lowest BCUT2D eigenvalue weighted by molar-refractivity contribution is -0.159. The van der Waals surface area contributed by atoms with E-state index in [0.29, 0.717) is 6.42 Å². The number of carbonyl (C=O) groups excluding carboxylic acids is 2. The molecule has 0 rings (SSSR count). The predicted molar refractivity (Wildman–Crippen MR) is 89.0 cm³/mol. The van der Waals surface area contributed by atoms with E-state index in [9.17, 15) is 9.59 Å². The molecule has 0 aliphatic carbocycles. The van der Waals surface area contributed by atoms with Crippen molar-refractivity contribution < 1.29 is 14.4 Å². The summed E-state index contributed by atoms with van der Waals surface area (Å²) in [4.78, 5) is 27.0. The van der Waals surface area contributed by atoms with Crippen LogP contribution < -0.4 is 11.2 Å². The van der Waals surface area contributed by atoms with E-state index in [1.165, 1.54) is 64.7 Å². The number of carbonyl (C=O) groups is 2. The lowest BCUT2D eigenvalue weighted by Crippen LogP contribution is -2.35. The van der Waals surface area contributed by atoms with Gasteiger partial charge in [0.2, 0.25) is 0 Å². The number of nitrogens with two attached hydrogens (primary N) is 1. The highest BCUT2D eigenvalue weighted by Gasteiger charge is 2.10. The molecule has 130 valence electrons. The number of nitrogens with one attached hydrogen (secondary N) is 1. The van der Waals surface area contributed by atoms with Gasteiger partial charge < -0.3 is 10.6 Å². The summed E-state index contributed by atoms with van der Waals surface area (Å²) in [6, 6.07) is -0.720. The molecule has 0 saturated heterocycles. The number of rotatable bonds is 13. The smallest absolute Gasteiger partial charge is 0.339 e. The Kier molecular flexibility index (Phi) is 14.1. The van der Waals surface area contributed by atoms with Gasteiger partial charge in [-0.3, -0.25) is 4.79 Å². The first-order chi connectivity index (χ1) is 10.6. The molecule has 0 radical (unpaired) electrons. The SMILES string of the molecule is CCCCCCCCCCCCCC(=O)NOC(=O)[C@H](C)N. The molecule has 1 amide bonds. The monoisotopic (exact) mass is 314 g/mol. The summed E-state index contributed by atoms with van der Waals surface area (Å²) >= 11 is 0. The van der Waals surface area contributed by atoms with Gasteiger partial charge >= 0.3 is 5.97 Å². The predicted octanol–water partition coefficient (Wildman–Crippen LogP) is 3.61. The van der Waals surface area contributed by atoms with Crippen LogP contribution in [0.1, 0.15) is 90.9 Å². The van der Waals surface area contributed by atoms with Gasteiger partial charge in [-0.05, 0) is 13.3 Å². The standard InChI is InChI=1S/C17H34N2O3/c1-3-4-5-6-7-8-9-10-11-12-13-14-16(20)19-22-17(21)15(2)18/h15H,3-14,18H2,1-2H3,(H,19,20)/t15-/m0/s1. The second-order valence-corrected chi connectivity index (χ2v) is 6.02. The third kappa shape index (κ3) is 13.9. The van der Waals surface area contributed by atoms with Crippen LogP contribution in [0.4, 0.5) is 0 Å². The van der Waals surface area contributed by atoms with E-state index in [0.717, 1.165) is 12.8 Å². The summed E-state index contributed by atoms with van der Waals surface area (Å²) in [5.74, 6) is -0.878. The van der Waals surface area contributed by atoms with E-state index in [1.807, 2.05) is 0 Å². The van der Waals surface area contributed by atoms with Crippen molar-refractivity contribution in [3.05, 3.63) is 0 Å². The summed E-state index contributed by atoms with van der Waals surface area (Å²) in [6.07, 6.45) is 14.1. The molecule has 0 bridgehead atoms. The largest absolute Gasteiger partial charge is 0.348 e. The number of amides is 1. The van der Waals surface area contributed by atoms with Crippen LogP contribution in [-0.2, 0) is 14.4 Å². The second-order valence-electron chi connectivity index (χ2n) is 6.02. The van der Waals surface area contributed by atoms with Crippen molar-refractivity contribution in [2.45, 2.75) is 96.9 Å². The molecule has 5 nitrogen and oxygen atoms in total. The van der Waals surface area contributed by atoms with Crippen LogP contribution in [0.15, 0.2) is 0 Å². The van der Waals surface area contributed by atoms with Gasteiger partial charge in [-0.25, -0.2) is 4.79 Å². The minimum absolute atomic E-state index is 0.259. The summed E-state index contributed by atoms with van der Waals surface area (Å²) in [7, 11) is 0. The van der Waals surface area contributed by atoms with Crippen LogP contribution in [0.25, 0.3) is 0 Å². The minimum Gasteiger partial charge on any atom is -0.339 e. The molecule has 3 N–H and O–H groups in total. The molecule has 1 atom stereocenters. The molecule has 0 unspecified atom stereocenters. The van der Waals surface area contributed by atoms with Gasteiger partial charge in [0, 0.05) is 6.42 Å². The quantitative estimate of drug-likeness (QED) is 0.402. The van der Waals surface area contributed by atoms with Crippen molar-refractivity contribution in [2.75, 3.05) is 0 Å². The Morgan fingerprint density at radius 3 is 1.82 bits per heavy atom. The zero-order valence-electron chi connectivity index (χ0n) is 14.4. The fourth-order valence-electron chi connectivity index (χ4n) is 2.20. The van der Waals surface area contributed by atoms with Crippen molar-refractivity contribution in [1.82, 2.24) is 5.48 Å². The second kappa shape index (κ2) is 14.8. The van der Waals surface area contributed by atoms with Crippen LogP contribution in [-0.4, -0.2) is 17.9 Å². The molecule has 0 fully saturated rings. The topological polar surface area (TPSA) is 81.4 Å². The summed E-state index contributed by atoms with van der Waals surface area (Å²) in [5.41, 5.74) is 7.44. The molecule has 0 heterocycles. The Bertz CT molecular complexity index is 294. The van der Waals surface area contributed by atoms with Crippen LogP contribution in [0.2, 0.25) is 0 Å². The molecule has 0 saturated carbocycles. The number of unbranched alkanes of at least 4 members (excludes halogenated alkanes) is 10. The molecule has 0 aromatic rings. The van der Waals surface area contributed by atoms with E-state index < -0.39 is 12.0 Å². The fraction of sp³-hybridized carbons (Fsp3) is 0.882. The van der Waals surface area contributed by atoms with Gasteiger partial charge in [0.1, 0.15) is 6.04 Å². The molecular weight excluding hydrogens is 280 g/mol. The maximum Gasteiger partial charge on any atom is 0.348 e. The van der Waals surface area contributed by atoms with Gasteiger partial charge in [-0.2, -0.15) is 5.48 Å². The molecule has 22 heavy (non-hydrogen) atoms. The van der Waals surface area contributed by atoms with Gasteiger partial charge in [0.05, 0.1) is 0 Å². The van der Waals surface area contributed by atoms with Crippen molar-refractivity contribution >= 4 is 11.9 Å². The molecule has 0 aromatic carbocycles. The Morgan fingerprint density at radius 2 is 1.36 bits per heavy atom. The van der Waals surface area contributed by atoms with Crippen molar-refractivity contribution in [3.63, 3.8) is 0 Å². The average molecular weight is 314 g/mol. The lowest BCUT2D eigenvalue weighted by atomic mass is 10.1. The normalized spacial score (nSPS) is 12.0. The Hall–Kier alpha value is -1.10. The van der Waals surface area contributed by atoms with Gasteiger partial charge in [-0.1, -0.05) is 71.1 Å². The van der Waals surface area contributed by atoms with Crippen LogP contribution in [0.5, 0.6) is 0 Å². The first-order valence-corrected chi connectivity index (χ1v) is 8.83. The zero-order valence-corrected chi connectivity index (χ0v) is 14.4. The van der Waals surface area contributed by atoms with E-state index >= 15 is 0 Å². The van der Waals surface area contributed by atoms with Crippen LogP contribution in [0, 0.1) is 0 Å². The highest BCUT2D eigenvalue weighted by Crippen LogP contribution is 2.11. The van der Waals surface area contributed by atoms with Crippen molar-refractivity contribution in [1.29, 1.82) is 0 Å². The molecule has 0 aromatic heterocycles. The van der Waals surface area contributed by atoms with Crippen molar-refractivity contribution in [2.24, 2.45) is 5.73 Å². The van der Waals surface area contributed by atoms with Gasteiger partial charge in [0.25, 0.3) is 5.91 Å². The molecule has 0 spiro atoms. The van der Waals surface area contributed by atoms with Crippen LogP contribution in [0.3, 0.4) is 0 Å². The molecule has 0 aliphatic rings. The average Bonchev–Trinajstić information content (AvgIpc) is 2.50. The Labute approximate surface area is 135 Å². The Morgan fingerprint density at radius 1 is 0.909 bits per heavy atom. The van der Waals surface area contributed by atoms with Gasteiger partial charge in [0.15, 0.2) is 0 Å². The minimum atomic E-state index is -0.720. The lowest BCUT2D eigenvalue weighted by Gasteiger charge is -2.07. The molecule has 5 heteroatoms. The molecular formula is C17H34N2O3.